The van der Waals surface area contributed by atoms with E-state index in [1.165, 1.54) is 23.6 Å². The maximum Gasteiger partial charge on any atom is 0.342 e. The van der Waals surface area contributed by atoms with Crippen molar-refractivity contribution >= 4 is 23.5 Å². The molecule has 0 bridgehead atoms. The summed E-state index contributed by atoms with van der Waals surface area (Å²) in [4.78, 5) is 11.3. The van der Waals surface area contributed by atoms with Gasteiger partial charge < -0.3 is 0 Å². The van der Waals surface area contributed by atoms with Crippen molar-refractivity contribution in [3.05, 3.63) is 22.4 Å². The minimum atomic E-state index is -0.761. The number of rotatable bonds is 2. The smallest absolute Gasteiger partial charge is 0.255 e. The van der Waals surface area contributed by atoms with Gasteiger partial charge in [-0.1, -0.05) is 6.07 Å². The van der Waals surface area contributed by atoms with E-state index in [0.29, 0.717) is 0 Å². The Bertz CT molecular complexity index is 323. The molecule has 1 heterocycles. The van der Waals surface area contributed by atoms with Crippen LogP contribution in [0.3, 0.4) is 0 Å². The fourth-order valence-electron chi connectivity index (χ4n) is 0.544. The van der Waals surface area contributed by atoms with Crippen molar-refractivity contribution < 1.29 is 4.79 Å². The van der Waals surface area contributed by atoms with E-state index in [2.05, 4.69) is 5.10 Å². The van der Waals surface area contributed by atoms with Gasteiger partial charge in [-0.2, -0.15) is 10.4 Å². The second kappa shape index (κ2) is 4.26. The molecule has 1 amide bonds. The van der Waals surface area contributed by atoms with Gasteiger partial charge in [0.05, 0.1) is 6.21 Å². The van der Waals surface area contributed by atoms with Crippen LogP contribution in [0.25, 0.3) is 0 Å². The molecule has 0 spiro atoms. The van der Waals surface area contributed by atoms with Crippen LogP contribution in [0.2, 0.25) is 0 Å². The molecule has 0 fully saturated rings. The zero-order chi connectivity index (χ0) is 8.81. The van der Waals surface area contributed by atoms with E-state index < -0.39 is 5.91 Å². The maximum absolute atomic E-state index is 10.4. The number of hydrogen-bond donors (Lipinski definition) is 1. The molecule has 4 nitrogen and oxygen atoms in total. The van der Waals surface area contributed by atoms with E-state index in [-0.39, 0.29) is 0 Å². The Kier molecular flexibility index (Phi) is 2.99. The molecule has 0 unspecified atom stereocenters. The van der Waals surface area contributed by atoms with Crippen molar-refractivity contribution in [1.82, 2.24) is 5.43 Å². The number of hydrazone groups is 1. The fourth-order valence-corrected chi connectivity index (χ4v) is 1.13. The highest BCUT2D eigenvalue weighted by Crippen LogP contribution is 2.03. The zero-order valence-corrected chi connectivity index (χ0v) is 6.84. The average molecular weight is 179 g/mol. The Balaban J connectivity index is 2.43. The lowest BCUT2D eigenvalue weighted by Crippen LogP contribution is -2.14. The van der Waals surface area contributed by atoms with Crippen LogP contribution < -0.4 is 5.43 Å². The summed E-state index contributed by atoms with van der Waals surface area (Å²) in [5, 5.41) is 13.5. The van der Waals surface area contributed by atoms with Gasteiger partial charge in [-0.15, -0.1) is 11.3 Å². The molecule has 0 aliphatic heterocycles. The lowest BCUT2D eigenvalue weighted by molar-refractivity contribution is -0.115. The van der Waals surface area contributed by atoms with Crippen LogP contribution in [0.15, 0.2) is 22.6 Å². The van der Waals surface area contributed by atoms with Crippen LogP contribution in [-0.2, 0) is 4.79 Å². The van der Waals surface area contributed by atoms with Gasteiger partial charge in [0.25, 0.3) is 0 Å². The topological polar surface area (TPSA) is 65.2 Å². The molecule has 1 aromatic heterocycles. The summed E-state index contributed by atoms with van der Waals surface area (Å²) in [5.41, 5.74) is 2.05. The number of carbonyl (C=O) groups excluding carboxylic acids is 1. The summed E-state index contributed by atoms with van der Waals surface area (Å²) >= 11 is 1.50. The molecule has 1 N–H and O–H groups in total. The number of hydrogen-bond acceptors (Lipinski definition) is 4. The third kappa shape index (κ3) is 2.52. The first-order valence-corrected chi connectivity index (χ1v) is 3.97. The van der Waals surface area contributed by atoms with Crippen LogP contribution in [-0.4, -0.2) is 12.1 Å². The number of carbonyl (C=O) groups is 1. The SMILES string of the molecule is N#CC(=O)NN=Cc1cccs1. The highest BCUT2D eigenvalue weighted by atomic mass is 32.1. The average Bonchev–Trinajstić information content (AvgIpc) is 2.57. The lowest BCUT2D eigenvalue weighted by Gasteiger charge is -1.85. The largest absolute Gasteiger partial charge is 0.342 e. The monoisotopic (exact) mass is 179 g/mol. The van der Waals surface area contributed by atoms with Crippen molar-refractivity contribution in [3.8, 4) is 6.07 Å². The Labute approximate surface area is 73.1 Å². The molecule has 0 aliphatic carbocycles. The lowest BCUT2D eigenvalue weighted by atomic mass is 10.5. The van der Waals surface area contributed by atoms with Crippen LogP contribution in [0.4, 0.5) is 0 Å². The number of nitrogens with zero attached hydrogens (tertiary/aromatic N) is 2. The summed E-state index contributed by atoms with van der Waals surface area (Å²) in [5.74, 6) is -0.761. The first-order chi connectivity index (χ1) is 5.83. The van der Waals surface area contributed by atoms with Crippen molar-refractivity contribution in [3.63, 3.8) is 0 Å². The molecule has 0 aromatic carbocycles. The number of amides is 1. The fraction of sp³-hybridized carbons (Fsp3) is 0. The standard InChI is InChI=1S/C7H5N3OS/c8-4-7(11)10-9-5-6-2-1-3-12-6/h1-3,5H,(H,10,11). The normalized spacial score (nSPS) is 9.58. The van der Waals surface area contributed by atoms with Gasteiger partial charge in [-0.3, -0.25) is 4.79 Å². The van der Waals surface area contributed by atoms with E-state index in [4.69, 9.17) is 5.26 Å². The third-order valence-electron chi connectivity index (χ3n) is 1.00. The van der Waals surface area contributed by atoms with E-state index in [0.717, 1.165) is 4.88 Å². The number of nitriles is 1. The van der Waals surface area contributed by atoms with Crippen molar-refractivity contribution in [2.24, 2.45) is 5.10 Å². The van der Waals surface area contributed by atoms with E-state index in [1.54, 1.807) is 0 Å². The minimum Gasteiger partial charge on any atom is -0.255 e. The molecule has 0 aliphatic rings. The Morgan fingerprint density at radius 3 is 3.25 bits per heavy atom. The molecule has 0 atom stereocenters. The second-order valence-electron chi connectivity index (χ2n) is 1.83. The van der Waals surface area contributed by atoms with Gasteiger partial charge in [-0.25, -0.2) is 5.43 Å². The molecule has 1 aromatic rings. The van der Waals surface area contributed by atoms with E-state index in [1.807, 2.05) is 22.9 Å². The molecule has 1 rings (SSSR count). The highest BCUT2D eigenvalue weighted by molar-refractivity contribution is 7.11. The Morgan fingerprint density at radius 1 is 1.83 bits per heavy atom. The van der Waals surface area contributed by atoms with Crippen LogP contribution in [0, 0.1) is 11.3 Å². The maximum atomic E-state index is 10.4. The minimum absolute atomic E-state index is 0.761. The highest BCUT2D eigenvalue weighted by Gasteiger charge is 1.91. The van der Waals surface area contributed by atoms with Crippen molar-refractivity contribution in [2.45, 2.75) is 0 Å². The molecule has 12 heavy (non-hydrogen) atoms. The summed E-state index contributed by atoms with van der Waals surface area (Å²) in [7, 11) is 0. The number of thiophene rings is 1. The predicted molar refractivity (Wildman–Crippen MR) is 45.7 cm³/mol. The predicted octanol–water partition coefficient (Wildman–Crippen LogP) is 0.722. The number of nitrogens with one attached hydrogen (secondary N) is 1. The Hall–Kier alpha value is -1.67. The van der Waals surface area contributed by atoms with Crippen molar-refractivity contribution in [1.29, 1.82) is 5.26 Å². The van der Waals surface area contributed by atoms with Crippen LogP contribution >= 0.6 is 11.3 Å². The summed E-state index contributed by atoms with van der Waals surface area (Å²) in [6.07, 6.45) is 1.49. The van der Waals surface area contributed by atoms with Crippen LogP contribution in [0.5, 0.6) is 0 Å². The summed E-state index contributed by atoms with van der Waals surface area (Å²) in [6, 6.07) is 5.11. The van der Waals surface area contributed by atoms with E-state index >= 15 is 0 Å². The molecule has 5 heteroatoms. The third-order valence-corrected chi connectivity index (χ3v) is 1.81. The van der Waals surface area contributed by atoms with Crippen LogP contribution in [0.1, 0.15) is 4.88 Å². The van der Waals surface area contributed by atoms with Crippen molar-refractivity contribution in [2.75, 3.05) is 0 Å². The second-order valence-corrected chi connectivity index (χ2v) is 2.81. The molecular formula is C7H5N3OS. The summed E-state index contributed by atoms with van der Waals surface area (Å²) in [6.45, 7) is 0. The molecule has 0 radical (unpaired) electrons. The van der Waals surface area contributed by atoms with Gasteiger partial charge in [0, 0.05) is 4.88 Å². The van der Waals surface area contributed by atoms with Gasteiger partial charge in [0.15, 0.2) is 6.07 Å². The molecule has 0 saturated heterocycles. The summed E-state index contributed by atoms with van der Waals surface area (Å²) < 4.78 is 0. The Morgan fingerprint density at radius 2 is 2.67 bits per heavy atom. The first kappa shape index (κ1) is 8.43. The van der Waals surface area contributed by atoms with Gasteiger partial charge in [0.2, 0.25) is 0 Å². The quantitative estimate of drug-likeness (QED) is 0.413. The molecular weight excluding hydrogens is 174 g/mol. The van der Waals surface area contributed by atoms with Gasteiger partial charge in [0.1, 0.15) is 0 Å². The first-order valence-electron chi connectivity index (χ1n) is 3.09. The van der Waals surface area contributed by atoms with Gasteiger partial charge in [-0.05, 0) is 11.4 Å². The zero-order valence-electron chi connectivity index (χ0n) is 6.02. The molecule has 60 valence electrons. The van der Waals surface area contributed by atoms with Gasteiger partial charge >= 0.3 is 5.91 Å². The molecule has 0 saturated carbocycles. The van der Waals surface area contributed by atoms with E-state index in [9.17, 15) is 4.79 Å².